The molecule has 0 nitrogen and oxygen atoms in total. The minimum Gasteiger partial charge on any atom is -0.166 e. The van der Waals surface area contributed by atoms with Crippen molar-refractivity contribution in [1.82, 2.24) is 0 Å². The Morgan fingerprint density at radius 1 is 1.09 bits per heavy atom. The van der Waals surface area contributed by atoms with Crippen LogP contribution in [-0.2, 0) is 0 Å². The largest absolute Gasteiger partial charge is 0.414 e. The van der Waals surface area contributed by atoms with E-state index in [9.17, 15) is 13.2 Å². The van der Waals surface area contributed by atoms with Crippen molar-refractivity contribution in [2.45, 2.75) is 31.4 Å². The molecule has 0 aromatic rings. The zero-order valence-electron chi connectivity index (χ0n) is 6.99. The van der Waals surface area contributed by atoms with Gasteiger partial charge in [-0.15, -0.1) is 11.4 Å². The number of halogens is 3. The fourth-order valence-corrected chi connectivity index (χ4v) is 4.16. The SMILES string of the molecule is CP(SC(C)(C)C)C(F)(F)F. The Morgan fingerprint density at radius 2 is 1.45 bits per heavy atom. The Kier molecular flexibility index (Phi) is 3.71. The second kappa shape index (κ2) is 3.53. The van der Waals surface area contributed by atoms with E-state index in [0.717, 1.165) is 11.4 Å². The summed E-state index contributed by atoms with van der Waals surface area (Å²) in [5.74, 6) is -4.01. The molecular weight excluding hydrogens is 192 g/mol. The number of rotatable bonds is 1. The van der Waals surface area contributed by atoms with E-state index < -0.39 is 13.0 Å². The third-order valence-electron chi connectivity index (χ3n) is 0.768. The van der Waals surface area contributed by atoms with E-state index >= 15 is 0 Å². The molecule has 1 unspecified atom stereocenters. The van der Waals surface area contributed by atoms with Gasteiger partial charge in [0.25, 0.3) is 0 Å². The van der Waals surface area contributed by atoms with Crippen molar-refractivity contribution in [3.63, 3.8) is 0 Å². The van der Waals surface area contributed by atoms with E-state index in [-0.39, 0.29) is 4.75 Å². The molecule has 68 valence electrons. The number of alkyl halides is 3. The smallest absolute Gasteiger partial charge is 0.166 e. The molecule has 0 aliphatic carbocycles. The second-order valence-corrected chi connectivity index (χ2v) is 8.27. The number of hydrogen-bond acceptors (Lipinski definition) is 1. The lowest BCUT2D eigenvalue weighted by Gasteiger charge is -2.24. The van der Waals surface area contributed by atoms with Gasteiger partial charge >= 0.3 is 5.92 Å². The van der Waals surface area contributed by atoms with E-state index in [1.165, 1.54) is 6.66 Å². The van der Waals surface area contributed by atoms with Crippen LogP contribution in [0.1, 0.15) is 20.8 Å². The lowest BCUT2D eigenvalue weighted by atomic mass is 10.3. The van der Waals surface area contributed by atoms with Gasteiger partial charge < -0.3 is 0 Å². The predicted molar refractivity (Wildman–Crippen MR) is 46.2 cm³/mol. The van der Waals surface area contributed by atoms with Crippen molar-refractivity contribution in [1.29, 1.82) is 0 Å². The Morgan fingerprint density at radius 3 is 1.55 bits per heavy atom. The van der Waals surface area contributed by atoms with E-state index in [2.05, 4.69) is 0 Å². The predicted octanol–water partition coefficient (Wildman–Crippen LogP) is 4.06. The molecule has 0 rings (SSSR count). The minimum atomic E-state index is -4.01. The molecule has 11 heavy (non-hydrogen) atoms. The molecule has 5 heteroatoms. The van der Waals surface area contributed by atoms with Crippen LogP contribution in [0.15, 0.2) is 0 Å². The van der Waals surface area contributed by atoms with E-state index in [1.54, 1.807) is 20.8 Å². The second-order valence-electron chi connectivity index (χ2n) is 3.17. The van der Waals surface area contributed by atoms with E-state index in [4.69, 9.17) is 0 Å². The highest BCUT2D eigenvalue weighted by molar-refractivity contribution is 8.56. The summed E-state index contributed by atoms with van der Waals surface area (Å²) in [5.41, 5.74) is 0. The maximum atomic E-state index is 12.0. The summed E-state index contributed by atoms with van der Waals surface area (Å²) >= 11 is 1.00. The summed E-state index contributed by atoms with van der Waals surface area (Å²) < 4.78 is 35.7. The maximum Gasteiger partial charge on any atom is 0.414 e. The first-order valence-corrected chi connectivity index (χ1v) is 6.33. The van der Waals surface area contributed by atoms with Crippen molar-refractivity contribution < 1.29 is 13.2 Å². The lowest BCUT2D eigenvalue weighted by molar-refractivity contribution is -0.0376. The fourth-order valence-electron chi connectivity index (χ4n) is 0.463. The van der Waals surface area contributed by atoms with Gasteiger partial charge in [-0.3, -0.25) is 0 Å². The lowest BCUT2D eigenvalue weighted by Crippen LogP contribution is -2.10. The highest BCUT2D eigenvalue weighted by atomic mass is 32.7. The van der Waals surface area contributed by atoms with Crippen LogP contribution in [0.5, 0.6) is 0 Å². The first-order chi connectivity index (χ1) is 4.63. The van der Waals surface area contributed by atoms with Gasteiger partial charge in [-0.2, -0.15) is 13.2 Å². The summed E-state index contributed by atoms with van der Waals surface area (Å²) in [4.78, 5) is 0. The summed E-state index contributed by atoms with van der Waals surface area (Å²) in [5, 5.41) is 0. The van der Waals surface area contributed by atoms with Gasteiger partial charge in [-0.05, 0) is 6.66 Å². The average molecular weight is 204 g/mol. The summed E-state index contributed by atoms with van der Waals surface area (Å²) in [6.07, 6.45) is 0. The van der Waals surface area contributed by atoms with Crippen LogP contribution in [0.2, 0.25) is 0 Å². The van der Waals surface area contributed by atoms with Crippen molar-refractivity contribution in [2.24, 2.45) is 0 Å². The molecule has 0 bridgehead atoms. The van der Waals surface area contributed by atoms with Gasteiger partial charge in [0.2, 0.25) is 0 Å². The zero-order valence-corrected chi connectivity index (χ0v) is 8.70. The van der Waals surface area contributed by atoms with Gasteiger partial charge in [0.15, 0.2) is 0 Å². The van der Waals surface area contributed by atoms with Gasteiger partial charge in [-0.1, -0.05) is 20.8 Å². The van der Waals surface area contributed by atoms with Crippen LogP contribution >= 0.6 is 18.5 Å². The van der Waals surface area contributed by atoms with Gasteiger partial charge in [0.05, 0.1) is 7.12 Å². The Balaban J connectivity index is 3.99. The normalized spacial score (nSPS) is 16.6. The van der Waals surface area contributed by atoms with Crippen molar-refractivity contribution in [2.75, 3.05) is 6.66 Å². The molecule has 0 amide bonds. The van der Waals surface area contributed by atoms with Gasteiger partial charge in [-0.25, -0.2) is 0 Å². The Labute approximate surface area is 70.4 Å². The summed E-state index contributed by atoms with van der Waals surface area (Å²) in [7, 11) is -1.89. The van der Waals surface area contributed by atoms with Gasteiger partial charge in [0, 0.05) is 4.75 Å². The quantitative estimate of drug-likeness (QED) is 0.580. The highest BCUT2D eigenvalue weighted by Gasteiger charge is 2.38. The Bertz CT molecular complexity index is 127. The first-order valence-electron chi connectivity index (χ1n) is 3.12. The third-order valence-corrected chi connectivity index (χ3v) is 5.39. The monoisotopic (exact) mass is 204 g/mol. The summed E-state index contributed by atoms with van der Waals surface area (Å²) in [6.45, 7) is 6.64. The summed E-state index contributed by atoms with van der Waals surface area (Å²) in [6, 6.07) is 0. The Hall–Kier alpha value is 0.570. The minimum absolute atomic E-state index is 0.296. The number of hydrogen-bond donors (Lipinski definition) is 0. The van der Waals surface area contributed by atoms with Crippen LogP contribution in [0.4, 0.5) is 13.2 Å². The van der Waals surface area contributed by atoms with Crippen molar-refractivity contribution in [3.05, 3.63) is 0 Å². The molecule has 1 atom stereocenters. The molecule has 0 aromatic carbocycles. The van der Waals surface area contributed by atoms with Crippen LogP contribution in [-0.4, -0.2) is 17.3 Å². The third kappa shape index (κ3) is 5.80. The molecule has 0 aromatic heterocycles. The molecule has 0 fully saturated rings. The zero-order chi connectivity index (χ0) is 9.28. The van der Waals surface area contributed by atoms with Gasteiger partial charge in [0.1, 0.15) is 0 Å². The highest BCUT2D eigenvalue weighted by Crippen LogP contribution is 2.63. The van der Waals surface area contributed by atoms with E-state index in [0.29, 0.717) is 0 Å². The first kappa shape index (κ1) is 11.6. The molecule has 0 N–H and O–H groups in total. The topological polar surface area (TPSA) is 0 Å². The molecule has 0 radical (unpaired) electrons. The molecule has 0 heterocycles. The molecule has 0 aliphatic heterocycles. The van der Waals surface area contributed by atoms with E-state index in [1.807, 2.05) is 0 Å². The van der Waals surface area contributed by atoms with Crippen molar-refractivity contribution in [3.8, 4) is 0 Å². The van der Waals surface area contributed by atoms with Crippen LogP contribution in [0.25, 0.3) is 0 Å². The molecular formula is C6H12F3PS. The van der Waals surface area contributed by atoms with Crippen LogP contribution in [0.3, 0.4) is 0 Å². The maximum absolute atomic E-state index is 12.0. The van der Waals surface area contributed by atoms with Crippen LogP contribution < -0.4 is 0 Å². The van der Waals surface area contributed by atoms with Crippen LogP contribution in [0, 0.1) is 0 Å². The molecule has 0 saturated carbocycles. The van der Waals surface area contributed by atoms with Crippen molar-refractivity contribution >= 4 is 18.5 Å². The molecule has 0 aliphatic rings. The average Bonchev–Trinajstić information content (AvgIpc) is 1.56. The molecule has 0 saturated heterocycles. The molecule has 0 spiro atoms. The fraction of sp³-hybridized carbons (Fsp3) is 1.00. The standard InChI is InChI=1S/C6H12F3PS/c1-5(2,3)11-10(4)6(7,8)9/h1-4H3.